The number of nitrogens with zero attached hydrogens (tertiary/aromatic N) is 3. The third kappa shape index (κ3) is 3.80. The Bertz CT molecular complexity index is 1390. The zero-order valence-corrected chi connectivity index (χ0v) is 19.3. The van der Waals surface area contributed by atoms with Crippen molar-refractivity contribution >= 4 is 28.7 Å². The highest BCUT2D eigenvalue weighted by atomic mass is 16.2. The molecular formula is C26H27N5O4. The van der Waals surface area contributed by atoms with Crippen LogP contribution in [0.15, 0.2) is 53.5 Å². The van der Waals surface area contributed by atoms with Gasteiger partial charge in [-0.1, -0.05) is 24.3 Å². The van der Waals surface area contributed by atoms with E-state index < -0.39 is 12.1 Å². The number of carbonyl (C=O) groups is 3. The summed E-state index contributed by atoms with van der Waals surface area (Å²) >= 11 is 0. The zero-order valence-electron chi connectivity index (χ0n) is 19.3. The van der Waals surface area contributed by atoms with Crippen LogP contribution in [0.2, 0.25) is 0 Å². The third-order valence-electron chi connectivity index (χ3n) is 7.60. The summed E-state index contributed by atoms with van der Waals surface area (Å²) in [5.74, 6) is -0.158. The number of benzene rings is 1. The van der Waals surface area contributed by atoms with Crippen LogP contribution in [0.25, 0.3) is 10.9 Å². The number of piperidine rings is 1. The summed E-state index contributed by atoms with van der Waals surface area (Å²) < 4.78 is 1.83. The quantitative estimate of drug-likeness (QED) is 0.551. The Hall–Kier alpha value is -3.88. The van der Waals surface area contributed by atoms with Crippen LogP contribution < -0.4 is 10.9 Å². The molecule has 3 aromatic rings. The van der Waals surface area contributed by atoms with Crippen LogP contribution in [0.3, 0.4) is 0 Å². The number of imide groups is 1. The molecule has 0 radical (unpaired) electrons. The Morgan fingerprint density at radius 1 is 1.00 bits per heavy atom. The predicted octanol–water partition coefficient (Wildman–Crippen LogP) is 1.83. The van der Waals surface area contributed by atoms with Gasteiger partial charge < -0.3 is 19.8 Å². The largest absolute Gasteiger partial charge is 0.361 e. The second-order valence-corrected chi connectivity index (χ2v) is 9.80. The van der Waals surface area contributed by atoms with E-state index in [2.05, 4.69) is 10.3 Å². The smallest absolute Gasteiger partial charge is 0.324 e. The first-order valence-corrected chi connectivity index (χ1v) is 12.1. The number of likely N-dealkylation sites (tertiary alicyclic amines) is 1. The van der Waals surface area contributed by atoms with Crippen molar-refractivity contribution in [2.24, 2.45) is 5.92 Å². The van der Waals surface area contributed by atoms with Gasteiger partial charge in [-0.05, 0) is 36.5 Å². The average molecular weight is 474 g/mol. The minimum Gasteiger partial charge on any atom is -0.361 e. The molecule has 3 atom stereocenters. The fraction of sp³-hybridized carbons (Fsp3) is 0.385. The number of aromatic nitrogens is 2. The fourth-order valence-electron chi connectivity index (χ4n) is 5.90. The van der Waals surface area contributed by atoms with E-state index in [-0.39, 0.29) is 42.2 Å². The summed E-state index contributed by atoms with van der Waals surface area (Å²) in [6.45, 7) is 1.96. The molecule has 9 nitrogen and oxygen atoms in total. The lowest BCUT2D eigenvalue weighted by Crippen LogP contribution is -2.50. The number of hydrogen-bond acceptors (Lipinski definition) is 4. The van der Waals surface area contributed by atoms with Gasteiger partial charge in [0.15, 0.2) is 0 Å². The number of fused-ring (bicyclic) bond motifs is 5. The first kappa shape index (κ1) is 21.6. The molecule has 3 aliphatic rings. The van der Waals surface area contributed by atoms with Gasteiger partial charge in [0.1, 0.15) is 6.04 Å². The number of para-hydroxylation sites is 1. The van der Waals surface area contributed by atoms with Gasteiger partial charge in [0.25, 0.3) is 11.5 Å². The fourth-order valence-corrected chi connectivity index (χ4v) is 5.90. The van der Waals surface area contributed by atoms with Crippen LogP contribution in [-0.4, -0.2) is 62.9 Å². The molecule has 2 N–H and O–H groups in total. The molecule has 2 fully saturated rings. The van der Waals surface area contributed by atoms with E-state index >= 15 is 0 Å². The van der Waals surface area contributed by atoms with E-state index in [1.165, 1.54) is 4.90 Å². The maximum absolute atomic E-state index is 13.1. The Kier molecular flexibility index (Phi) is 5.20. The molecule has 5 heterocycles. The molecule has 3 unspecified atom stereocenters. The van der Waals surface area contributed by atoms with Crippen LogP contribution in [0, 0.1) is 5.92 Å². The normalized spacial score (nSPS) is 23.5. The summed E-state index contributed by atoms with van der Waals surface area (Å²) in [6.07, 6.45) is 3.35. The highest BCUT2D eigenvalue weighted by molar-refractivity contribution is 6.05. The summed E-state index contributed by atoms with van der Waals surface area (Å²) in [5, 5.41) is 3.78. The predicted molar refractivity (Wildman–Crippen MR) is 129 cm³/mol. The van der Waals surface area contributed by atoms with E-state index in [9.17, 15) is 19.2 Å². The molecule has 35 heavy (non-hydrogen) atoms. The molecule has 2 aromatic heterocycles. The molecule has 2 saturated heterocycles. The topological polar surface area (TPSA) is 108 Å². The summed E-state index contributed by atoms with van der Waals surface area (Å²) in [4.78, 5) is 57.1. The van der Waals surface area contributed by atoms with E-state index in [0.29, 0.717) is 26.1 Å². The maximum Gasteiger partial charge on any atom is 0.324 e. The van der Waals surface area contributed by atoms with Crippen LogP contribution in [0.1, 0.15) is 30.0 Å². The van der Waals surface area contributed by atoms with E-state index in [1.807, 2.05) is 41.1 Å². The van der Waals surface area contributed by atoms with Gasteiger partial charge in [-0.15, -0.1) is 0 Å². The molecule has 1 aromatic carbocycles. The highest BCUT2D eigenvalue weighted by Gasteiger charge is 2.41. The van der Waals surface area contributed by atoms with E-state index in [0.717, 1.165) is 28.6 Å². The molecule has 0 saturated carbocycles. The standard InChI is InChI=1S/C26H27N5O4/c32-23-7-3-6-22-18-10-16(14-31(22)23)13-29(15-18)24(33)11-21-25(34)30(26(35)28-21)9-8-17-12-27-20-5-2-1-4-19(17)20/h1-7,12,16,18,21,27H,8-11,13-15H2,(H,28,35). The molecule has 0 spiro atoms. The van der Waals surface area contributed by atoms with Crippen molar-refractivity contribution in [3.05, 3.63) is 70.3 Å². The van der Waals surface area contributed by atoms with Crippen LogP contribution in [0.4, 0.5) is 4.79 Å². The number of pyridine rings is 1. The molecule has 9 heteroatoms. The molecule has 0 aliphatic carbocycles. The second kappa shape index (κ2) is 8.41. The van der Waals surface area contributed by atoms with E-state index in [4.69, 9.17) is 0 Å². The van der Waals surface area contributed by atoms with Crippen molar-refractivity contribution < 1.29 is 14.4 Å². The molecule has 2 bridgehead atoms. The van der Waals surface area contributed by atoms with Crippen LogP contribution in [0.5, 0.6) is 0 Å². The number of hydrogen-bond donors (Lipinski definition) is 2. The number of amides is 4. The average Bonchev–Trinajstić information content (AvgIpc) is 3.38. The number of rotatable bonds is 5. The van der Waals surface area contributed by atoms with Crippen molar-refractivity contribution in [3.63, 3.8) is 0 Å². The molecule has 180 valence electrons. The summed E-state index contributed by atoms with van der Waals surface area (Å²) in [5.41, 5.74) is 3.03. The molecule has 4 amide bonds. The number of nitrogens with one attached hydrogen (secondary N) is 2. The Balaban J connectivity index is 1.10. The zero-order chi connectivity index (χ0) is 24.1. The van der Waals surface area contributed by atoms with Gasteiger partial charge >= 0.3 is 6.03 Å². The lowest BCUT2D eigenvalue weighted by atomic mass is 9.83. The number of carbonyl (C=O) groups excluding carboxylic acids is 3. The molecule has 6 rings (SSSR count). The van der Waals surface area contributed by atoms with Crippen molar-refractivity contribution in [2.75, 3.05) is 19.6 Å². The van der Waals surface area contributed by atoms with E-state index in [1.54, 1.807) is 17.0 Å². The summed E-state index contributed by atoms with van der Waals surface area (Å²) in [6, 6.07) is 11.9. The maximum atomic E-state index is 13.1. The first-order chi connectivity index (χ1) is 17.0. The Labute approximate surface area is 201 Å². The van der Waals surface area contributed by atoms with Crippen LogP contribution >= 0.6 is 0 Å². The molecular weight excluding hydrogens is 446 g/mol. The first-order valence-electron chi connectivity index (χ1n) is 12.1. The minimum absolute atomic E-state index is 0.00368. The van der Waals surface area contributed by atoms with Gasteiger partial charge in [0.2, 0.25) is 5.91 Å². The number of H-pyrrole nitrogens is 1. The second-order valence-electron chi connectivity index (χ2n) is 9.80. The van der Waals surface area contributed by atoms with Gasteiger partial charge in [0.05, 0.1) is 6.42 Å². The van der Waals surface area contributed by atoms with Crippen molar-refractivity contribution in [1.29, 1.82) is 0 Å². The SMILES string of the molecule is O=C(CC1NC(=O)N(CCc2c[nH]c3ccccc23)C1=O)N1CC2CC(C1)c1cccc(=O)n1C2. The Morgan fingerprint density at radius 3 is 2.74 bits per heavy atom. The monoisotopic (exact) mass is 473 g/mol. The van der Waals surface area contributed by atoms with Crippen molar-refractivity contribution in [2.45, 2.75) is 37.8 Å². The van der Waals surface area contributed by atoms with Gasteiger partial charge in [-0.25, -0.2) is 4.79 Å². The van der Waals surface area contributed by atoms with Gasteiger partial charge in [-0.2, -0.15) is 0 Å². The third-order valence-corrected chi connectivity index (χ3v) is 7.60. The lowest BCUT2D eigenvalue weighted by molar-refractivity contribution is -0.137. The summed E-state index contributed by atoms with van der Waals surface area (Å²) in [7, 11) is 0. The highest BCUT2D eigenvalue weighted by Crippen LogP contribution is 2.35. The Morgan fingerprint density at radius 2 is 1.86 bits per heavy atom. The van der Waals surface area contributed by atoms with Crippen molar-refractivity contribution in [3.8, 4) is 0 Å². The molecule has 3 aliphatic heterocycles. The lowest BCUT2D eigenvalue weighted by Gasteiger charge is -2.43. The van der Waals surface area contributed by atoms with Crippen molar-refractivity contribution in [1.82, 2.24) is 24.7 Å². The number of aromatic amines is 1. The number of urea groups is 1. The van der Waals surface area contributed by atoms with Gasteiger partial charge in [-0.3, -0.25) is 19.3 Å². The van der Waals surface area contributed by atoms with Gasteiger partial charge in [0, 0.05) is 61.0 Å². The van der Waals surface area contributed by atoms with Crippen LogP contribution in [-0.2, 0) is 22.6 Å². The minimum atomic E-state index is -0.838.